The zero-order valence-electron chi connectivity index (χ0n) is 9.39. The van der Waals surface area contributed by atoms with Crippen molar-refractivity contribution in [2.45, 2.75) is 10.6 Å². The highest BCUT2D eigenvalue weighted by atomic mass is 35.7. The molecule has 0 spiro atoms. The van der Waals surface area contributed by atoms with Gasteiger partial charge >= 0.3 is 6.36 Å². The molecule has 4 nitrogen and oxygen atoms in total. The van der Waals surface area contributed by atoms with Crippen LogP contribution >= 0.6 is 22.0 Å². The minimum Gasteiger partial charge on any atom is -0.405 e. The summed E-state index contributed by atoms with van der Waals surface area (Å²) in [7, 11) is 1.16. The lowest BCUT2D eigenvalue weighted by atomic mass is 10.2. The van der Waals surface area contributed by atoms with Crippen molar-refractivity contribution in [3.8, 4) is 16.3 Å². The first kappa shape index (κ1) is 15.1. The fourth-order valence-corrected chi connectivity index (χ4v) is 3.25. The molecule has 0 amide bonds. The maximum atomic E-state index is 12.3. The Balaban J connectivity index is 2.46. The summed E-state index contributed by atoms with van der Waals surface area (Å²) >= 11 is 0.655. The van der Waals surface area contributed by atoms with Gasteiger partial charge in [-0.15, -0.1) is 24.5 Å². The number of thiazole rings is 1. The second kappa shape index (κ2) is 5.23. The maximum absolute atomic E-state index is 12.3. The van der Waals surface area contributed by atoms with Gasteiger partial charge in [0.2, 0.25) is 0 Å². The van der Waals surface area contributed by atoms with Crippen LogP contribution in [0.5, 0.6) is 5.75 Å². The Morgan fingerprint density at radius 2 is 1.90 bits per heavy atom. The zero-order chi connectivity index (χ0) is 15.0. The van der Waals surface area contributed by atoms with Crippen LogP contribution in [0.15, 0.2) is 34.7 Å². The summed E-state index contributed by atoms with van der Waals surface area (Å²) < 4.78 is 62.7. The van der Waals surface area contributed by atoms with Crippen LogP contribution in [-0.4, -0.2) is 19.8 Å². The molecule has 0 aliphatic heterocycles. The summed E-state index contributed by atoms with van der Waals surface area (Å²) in [5.41, 5.74) is 0.0291. The first-order chi connectivity index (χ1) is 9.17. The van der Waals surface area contributed by atoms with E-state index in [1.807, 2.05) is 0 Å². The number of nitrogens with zero attached hydrogens (tertiary/aromatic N) is 1. The third kappa shape index (κ3) is 3.62. The van der Waals surface area contributed by atoms with E-state index in [1.165, 1.54) is 18.2 Å². The van der Waals surface area contributed by atoms with Crippen LogP contribution in [0.1, 0.15) is 0 Å². The Labute approximate surface area is 120 Å². The van der Waals surface area contributed by atoms with Gasteiger partial charge in [-0.3, -0.25) is 0 Å². The van der Waals surface area contributed by atoms with Crippen LogP contribution in [0.2, 0.25) is 0 Å². The van der Waals surface area contributed by atoms with E-state index < -0.39 is 21.2 Å². The number of halogens is 4. The van der Waals surface area contributed by atoms with Crippen molar-refractivity contribution < 1.29 is 26.3 Å². The number of alkyl halides is 3. The zero-order valence-corrected chi connectivity index (χ0v) is 11.8. The third-order valence-corrected chi connectivity index (χ3v) is 5.16. The minimum atomic E-state index is -4.85. The molecule has 0 unspecified atom stereocenters. The highest BCUT2D eigenvalue weighted by molar-refractivity contribution is 8.15. The molecule has 0 aliphatic rings. The quantitative estimate of drug-likeness (QED) is 0.798. The lowest BCUT2D eigenvalue weighted by Crippen LogP contribution is -2.17. The summed E-state index contributed by atoms with van der Waals surface area (Å²) in [4.78, 5) is 3.75. The third-order valence-electron chi connectivity index (χ3n) is 2.07. The standard InChI is InChI=1S/C10H5ClF3NO3S2/c11-20(16,17)8-5-15-9(19-8)6-3-1-2-4-7(6)18-10(12,13)14/h1-5H. The summed E-state index contributed by atoms with van der Waals surface area (Å²) in [6.45, 7) is 0. The van der Waals surface area contributed by atoms with E-state index in [0.29, 0.717) is 11.3 Å². The van der Waals surface area contributed by atoms with Gasteiger partial charge < -0.3 is 4.74 Å². The molecule has 0 saturated heterocycles. The highest BCUT2D eigenvalue weighted by Crippen LogP contribution is 2.37. The molecule has 0 saturated carbocycles. The number of hydrogen-bond acceptors (Lipinski definition) is 5. The summed E-state index contributed by atoms with van der Waals surface area (Å²) in [5.74, 6) is -0.465. The van der Waals surface area contributed by atoms with Crippen LogP contribution in [-0.2, 0) is 9.05 Å². The Bertz CT molecular complexity index is 727. The van der Waals surface area contributed by atoms with Crippen LogP contribution in [0, 0.1) is 0 Å². The molecular weight excluding hydrogens is 339 g/mol. The van der Waals surface area contributed by atoms with Gasteiger partial charge in [0.1, 0.15) is 10.8 Å². The van der Waals surface area contributed by atoms with E-state index in [-0.39, 0.29) is 14.8 Å². The van der Waals surface area contributed by atoms with Gasteiger partial charge in [0.05, 0.1) is 11.8 Å². The molecule has 20 heavy (non-hydrogen) atoms. The molecule has 2 rings (SSSR count). The van der Waals surface area contributed by atoms with E-state index in [2.05, 4.69) is 9.72 Å². The molecule has 0 radical (unpaired) electrons. The van der Waals surface area contributed by atoms with Gasteiger partial charge in [-0.05, 0) is 12.1 Å². The van der Waals surface area contributed by atoms with Gasteiger partial charge in [-0.25, -0.2) is 13.4 Å². The van der Waals surface area contributed by atoms with Crippen molar-refractivity contribution in [3.05, 3.63) is 30.5 Å². The fourth-order valence-electron chi connectivity index (χ4n) is 1.35. The number of aromatic nitrogens is 1. The smallest absolute Gasteiger partial charge is 0.405 e. The van der Waals surface area contributed by atoms with Crippen LogP contribution in [0.4, 0.5) is 13.2 Å². The van der Waals surface area contributed by atoms with E-state index >= 15 is 0 Å². The van der Waals surface area contributed by atoms with Crippen molar-refractivity contribution >= 4 is 31.1 Å². The molecule has 0 fully saturated rings. The van der Waals surface area contributed by atoms with E-state index in [9.17, 15) is 21.6 Å². The molecule has 1 aromatic heterocycles. The predicted molar refractivity (Wildman–Crippen MR) is 67.3 cm³/mol. The largest absolute Gasteiger partial charge is 0.573 e. The number of benzene rings is 1. The Morgan fingerprint density at radius 3 is 2.45 bits per heavy atom. The van der Waals surface area contributed by atoms with Gasteiger partial charge in [-0.1, -0.05) is 12.1 Å². The second-order valence-electron chi connectivity index (χ2n) is 3.47. The molecule has 108 valence electrons. The second-order valence-corrected chi connectivity index (χ2v) is 7.29. The number of para-hydroxylation sites is 1. The summed E-state index contributed by atoms with van der Waals surface area (Å²) in [6, 6.07) is 5.29. The lowest BCUT2D eigenvalue weighted by Gasteiger charge is -2.11. The summed E-state index contributed by atoms with van der Waals surface area (Å²) in [6.07, 6.45) is -3.87. The fraction of sp³-hybridized carbons (Fsp3) is 0.100. The van der Waals surface area contributed by atoms with Crippen molar-refractivity contribution in [3.63, 3.8) is 0 Å². The first-order valence-corrected chi connectivity index (χ1v) is 8.05. The van der Waals surface area contributed by atoms with Crippen molar-refractivity contribution in [1.82, 2.24) is 4.98 Å². The normalized spacial score (nSPS) is 12.4. The highest BCUT2D eigenvalue weighted by Gasteiger charge is 2.32. The monoisotopic (exact) mass is 343 g/mol. The molecule has 1 aromatic carbocycles. The molecule has 0 bridgehead atoms. The lowest BCUT2D eigenvalue weighted by molar-refractivity contribution is -0.274. The molecule has 2 aromatic rings. The van der Waals surface area contributed by atoms with Gasteiger partial charge in [0.25, 0.3) is 9.05 Å². The Hall–Kier alpha value is -1.32. The van der Waals surface area contributed by atoms with Gasteiger partial charge in [0.15, 0.2) is 4.21 Å². The van der Waals surface area contributed by atoms with Crippen LogP contribution in [0.3, 0.4) is 0 Å². The number of ether oxygens (including phenoxy) is 1. The van der Waals surface area contributed by atoms with Crippen molar-refractivity contribution in [2.75, 3.05) is 0 Å². The summed E-state index contributed by atoms with van der Waals surface area (Å²) in [5, 5.41) is 0.0593. The van der Waals surface area contributed by atoms with Crippen molar-refractivity contribution in [2.24, 2.45) is 0 Å². The molecule has 0 N–H and O–H groups in total. The Morgan fingerprint density at radius 1 is 1.25 bits per heavy atom. The predicted octanol–water partition coefficient (Wildman–Crippen LogP) is 3.64. The van der Waals surface area contributed by atoms with E-state index in [4.69, 9.17) is 10.7 Å². The SMILES string of the molecule is O=S(=O)(Cl)c1cnc(-c2ccccc2OC(F)(F)F)s1. The molecule has 1 heterocycles. The first-order valence-electron chi connectivity index (χ1n) is 4.92. The Kier molecular flexibility index (Phi) is 3.94. The van der Waals surface area contributed by atoms with Gasteiger partial charge in [-0.2, -0.15) is 0 Å². The van der Waals surface area contributed by atoms with Crippen molar-refractivity contribution in [1.29, 1.82) is 0 Å². The molecule has 10 heteroatoms. The average molecular weight is 344 g/mol. The molecule has 0 aliphatic carbocycles. The topological polar surface area (TPSA) is 56.3 Å². The maximum Gasteiger partial charge on any atom is 0.573 e. The van der Waals surface area contributed by atoms with E-state index in [0.717, 1.165) is 12.3 Å². The number of hydrogen-bond donors (Lipinski definition) is 0. The minimum absolute atomic E-state index is 0.0291. The van der Waals surface area contributed by atoms with Crippen LogP contribution < -0.4 is 4.74 Å². The average Bonchev–Trinajstić information content (AvgIpc) is 2.76. The van der Waals surface area contributed by atoms with Gasteiger partial charge in [0, 0.05) is 10.7 Å². The van der Waals surface area contributed by atoms with Crippen LogP contribution in [0.25, 0.3) is 10.6 Å². The molecule has 0 atom stereocenters. The number of rotatable bonds is 3. The van der Waals surface area contributed by atoms with E-state index in [1.54, 1.807) is 0 Å². The molecular formula is C10H5ClF3NO3S2.